The van der Waals surface area contributed by atoms with Gasteiger partial charge in [0.25, 0.3) is 0 Å². The summed E-state index contributed by atoms with van der Waals surface area (Å²) in [6.45, 7) is 1.64. The zero-order valence-electron chi connectivity index (χ0n) is 7.25. The van der Waals surface area contributed by atoms with Crippen molar-refractivity contribution in [3.63, 3.8) is 0 Å². The molecule has 13 heavy (non-hydrogen) atoms. The van der Waals surface area contributed by atoms with Crippen LogP contribution in [-0.2, 0) is 13.1 Å². The number of nitrogens with zero attached hydrogens (tertiary/aromatic N) is 1. The number of imidazole rings is 1. The molecule has 4 nitrogen and oxygen atoms in total. The molecule has 68 valence electrons. The Hall–Kier alpha value is -1.55. The average molecular weight is 176 g/mol. The Bertz CT molecular complexity index is 288. The van der Waals surface area contributed by atoms with E-state index in [2.05, 4.69) is 26.3 Å². The number of aromatic nitrogens is 3. The van der Waals surface area contributed by atoms with Gasteiger partial charge in [-0.3, -0.25) is 0 Å². The molecular formula is C9H12N4. The highest BCUT2D eigenvalue weighted by atomic mass is 15.0. The highest BCUT2D eigenvalue weighted by Gasteiger charge is 1.94. The van der Waals surface area contributed by atoms with Gasteiger partial charge in [0.2, 0.25) is 0 Å². The maximum absolute atomic E-state index is 4.11. The summed E-state index contributed by atoms with van der Waals surface area (Å²) in [5, 5.41) is 3.28. The third-order valence-corrected chi connectivity index (χ3v) is 1.84. The molecule has 0 aliphatic rings. The van der Waals surface area contributed by atoms with E-state index in [1.807, 2.05) is 18.6 Å². The molecule has 0 saturated heterocycles. The first-order valence-corrected chi connectivity index (χ1v) is 4.26. The molecule has 2 rings (SSSR count). The van der Waals surface area contributed by atoms with Gasteiger partial charge in [0.15, 0.2) is 0 Å². The minimum atomic E-state index is 0.776. The lowest BCUT2D eigenvalue weighted by atomic mass is 10.3. The second-order valence-electron chi connectivity index (χ2n) is 2.86. The molecule has 2 heterocycles. The molecule has 0 amide bonds. The monoisotopic (exact) mass is 176 g/mol. The van der Waals surface area contributed by atoms with Crippen molar-refractivity contribution in [2.45, 2.75) is 13.1 Å². The van der Waals surface area contributed by atoms with Crippen LogP contribution in [0.5, 0.6) is 0 Å². The maximum atomic E-state index is 4.11. The van der Waals surface area contributed by atoms with Crippen molar-refractivity contribution < 1.29 is 0 Å². The summed E-state index contributed by atoms with van der Waals surface area (Å²) in [6.07, 6.45) is 7.49. The largest absolute Gasteiger partial charge is 0.367 e. The average Bonchev–Trinajstić information content (AvgIpc) is 2.75. The quantitative estimate of drug-likeness (QED) is 0.651. The van der Waals surface area contributed by atoms with E-state index >= 15 is 0 Å². The number of aromatic amines is 2. The summed E-state index contributed by atoms with van der Waals surface area (Å²) in [4.78, 5) is 10.2. The van der Waals surface area contributed by atoms with Gasteiger partial charge in [0.1, 0.15) is 5.82 Å². The van der Waals surface area contributed by atoms with Crippen LogP contribution >= 0.6 is 0 Å². The third kappa shape index (κ3) is 2.19. The molecule has 0 unspecified atom stereocenters. The standard InChI is InChI=1S/C9H12N4/c1-2-10-5-8(1)6-11-7-9-12-3-4-13-9/h1-5,10-11H,6-7H2,(H,12,13). The van der Waals surface area contributed by atoms with Crippen LogP contribution in [0, 0.1) is 0 Å². The first-order valence-electron chi connectivity index (χ1n) is 4.26. The molecule has 0 atom stereocenters. The van der Waals surface area contributed by atoms with Crippen molar-refractivity contribution >= 4 is 0 Å². The van der Waals surface area contributed by atoms with E-state index in [0.717, 1.165) is 18.9 Å². The van der Waals surface area contributed by atoms with Crippen molar-refractivity contribution in [3.05, 3.63) is 42.2 Å². The summed E-state index contributed by atoms with van der Waals surface area (Å²) < 4.78 is 0. The summed E-state index contributed by atoms with van der Waals surface area (Å²) in [7, 11) is 0. The molecule has 0 aliphatic carbocycles. The number of hydrogen-bond acceptors (Lipinski definition) is 2. The minimum Gasteiger partial charge on any atom is -0.367 e. The molecule has 3 N–H and O–H groups in total. The molecule has 0 bridgehead atoms. The molecule has 2 aromatic heterocycles. The predicted molar refractivity (Wildman–Crippen MR) is 49.9 cm³/mol. The van der Waals surface area contributed by atoms with Crippen molar-refractivity contribution in [1.82, 2.24) is 20.3 Å². The molecule has 4 heteroatoms. The van der Waals surface area contributed by atoms with Crippen LogP contribution in [0.1, 0.15) is 11.4 Å². The molecule has 0 saturated carbocycles. The van der Waals surface area contributed by atoms with Gasteiger partial charge in [0, 0.05) is 31.3 Å². The number of H-pyrrole nitrogens is 2. The molecule has 0 fully saturated rings. The van der Waals surface area contributed by atoms with E-state index in [0.29, 0.717) is 0 Å². The van der Waals surface area contributed by atoms with E-state index < -0.39 is 0 Å². The van der Waals surface area contributed by atoms with Crippen molar-refractivity contribution in [2.24, 2.45) is 0 Å². The molecule has 0 aliphatic heterocycles. The summed E-state index contributed by atoms with van der Waals surface area (Å²) >= 11 is 0. The SMILES string of the molecule is c1c[nH]c(CNCc2cc[nH]c2)n1. The Morgan fingerprint density at radius 2 is 2.31 bits per heavy atom. The van der Waals surface area contributed by atoms with Crippen LogP contribution in [0.25, 0.3) is 0 Å². The Morgan fingerprint density at radius 1 is 1.31 bits per heavy atom. The van der Waals surface area contributed by atoms with Crippen molar-refractivity contribution in [2.75, 3.05) is 0 Å². The molecule has 2 aromatic rings. The lowest BCUT2D eigenvalue weighted by molar-refractivity contribution is 0.669. The van der Waals surface area contributed by atoms with Gasteiger partial charge in [-0.05, 0) is 11.6 Å². The fourth-order valence-electron chi connectivity index (χ4n) is 1.19. The fraction of sp³-hybridized carbons (Fsp3) is 0.222. The van der Waals surface area contributed by atoms with Gasteiger partial charge in [0.05, 0.1) is 6.54 Å². The van der Waals surface area contributed by atoms with E-state index in [4.69, 9.17) is 0 Å². The van der Waals surface area contributed by atoms with Crippen LogP contribution in [0.4, 0.5) is 0 Å². The van der Waals surface area contributed by atoms with Crippen LogP contribution in [0.3, 0.4) is 0 Å². The normalized spacial score (nSPS) is 10.5. The smallest absolute Gasteiger partial charge is 0.120 e. The molecule has 0 aromatic carbocycles. The highest BCUT2D eigenvalue weighted by Crippen LogP contribution is 1.95. The Kier molecular flexibility index (Phi) is 2.43. The van der Waals surface area contributed by atoms with E-state index in [-0.39, 0.29) is 0 Å². The Labute approximate surface area is 76.4 Å². The first-order chi connectivity index (χ1) is 6.45. The van der Waals surface area contributed by atoms with Crippen LogP contribution in [0.2, 0.25) is 0 Å². The van der Waals surface area contributed by atoms with Crippen molar-refractivity contribution in [1.29, 1.82) is 0 Å². The van der Waals surface area contributed by atoms with Crippen LogP contribution in [-0.4, -0.2) is 15.0 Å². The third-order valence-electron chi connectivity index (χ3n) is 1.84. The summed E-state index contributed by atoms with van der Waals surface area (Å²) in [5.41, 5.74) is 1.26. The zero-order valence-corrected chi connectivity index (χ0v) is 7.25. The summed E-state index contributed by atoms with van der Waals surface area (Å²) in [5.74, 6) is 0.968. The van der Waals surface area contributed by atoms with Crippen LogP contribution < -0.4 is 5.32 Å². The van der Waals surface area contributed by atoms with Crippen molar-refractivity contribution in [3.8, 4) is 0 Å². The Balaban J connectivity index is 1.76. The zero-order chi connectivity index (χ0) is 8.93. The number of rotatable bonds is 4. The van der Waals surface area contributed by atoms with Gasteiger partial charge >= 0.3 is 0 Å². The van der Waals surface area contributed by atoms with Gasteiger partial charge in [-0.15, -0.1) is 0 Å². The lowest BCUT2D eigenvalue weighted by Gasteiger charge is -1.99. The van der Waals surface area contributed by atoms with Gasteiger partial charge in [-0.25, -0.2) is 4.98 Å². The number of hydrogen-bond donors (Lipinski definition) is 3. The number of nitrogens with one attached hydrogen (secondary N) is 3. The predicted octanol–water partition coefficient (Wildman–Crippen LogP) is 1.03. The fourth-order valence-corrected chi connectivity index (χ4v) is 1.19. The highest BCUT2D eigenvalue weighted by molar-refractivity contribution is 5.07. The van der Waals surface area contributed by atoms with E-state index in [9.17, 15) is 0 Å². The van der Waals surface area contributed by atoms with Gasteiger partial charge < -0.3 is 15.3 Å². The molecular weight excluding hydrogens is 164 g/mol. The maximum Gasteiger partial charge on any atom is 0.120 e. The second kappa shape index (κ2) is 3.91. The minimum absolute atomic E-state index is 0.776. The first kappa shape index (κ1) is 8.07. The van der Waals surface area contributed by atoms with E-state index in [1.54, 1.807) is 6.20 Å². The topological polar surface area (TPSA) is 56.5 Å². The van der Waals surface area contributed by atoms with E-state index in [1.165, 1.54) is 5.56 Å². The Morgan fingerprint density at radius 3 is 3.00 bits per heavy atom. The molecule has 0 spiro atoms. The van der Waals surface area contributed by atoms with Gasteiger partial charge in [-0.2, -0.15) is 0 Å². The van der Waals surface area contributed by atoms with Gasteiger partial charge in [-0.1, -0.05) is 0 Å². The molecule has 0 radical (unpaired) electrons. The lowest BCUT2D eigenvalue weighted by Crippen LogP contribution is -2.13. The second-order valence-corrected chi connectivity index (χ2v) is 2.86. The van der Waals surface area contributed by atoms with Crippen LogP contribution in [0.15, 0.2) is 30.9 Å². The summed E-state index contributed by atoms with van der Waals surface area (Å²) in [6, 6.07) is 2.05.